The standard InChI is InChI=1S/C17H16FN3O2/c1-11-6-7-19-15(8-11)20-17(23)12-9-16(22)21(10-12)14-4-2-13(18)3-5-14/h2-8,12H,9-10H2,1H3,(H,19,20,23)/t12-/m0/s1. The number of pyridine rings is 1. The summed E-state index contributed by atoms with van der Waals surface area (Å²) in [6, 6.07) is 9.28. The molecule has 2 heterocycles. The summed E-state index contributed by atoms with van der Waals surface area (Å²) in [5.74, 6) is -0.715. The lowest BCUT2D eigenvalue weighted by molar-refractivity contribution is -0.122. The first-order valence-corrected chi connectivity index (χ1v) is 7.32. The number of hydrogen-bond donors (Lipinski definition) is 1. The number of aromatic nitrogens is 1. The van der Waals surface area contributed by atoms with E-state index >= 15 is 0 Å². The molecule has 118 valence electrons. The number of benzene rings is 1. The van der Waals surface area contributed by atoms with Crippen LogP contribution in [-0.4, -0.2) is 23.3 Å². The Kier molecular flexibility index (Phi) is 4.06. The molecular weight excluding hydrogens is 297 g/mol. The van der Waals surface area contributed by atoms with Crippen LogP contribution in [0.25, 0.3) is 0 Å². The minimum atomic E-state index is -0.449. The molecule has 0 bridgehead atoms. The van der Waals surface area contributed by atoms with E-state index in [9.17, 15) is 14.0 Å². The van der Waals surface area contributed by atoms with E-state index in [0.717, 1.165) is 5.56 Å². The van der Waals surface area contributed by atoms with Gasteiger partial charge in [-0.1, -0.05) is 0 Å². The van der Waals surface area contributed by atoms with Gasteiger partial charge >= 0.3 is 0 Å². The Morgan fingerprint density at radius 1 is 1.30 bits per heavy atom. The van der Waals surface area contributed by atoms with Gasteiger partial charge in [-0.2, -0.15) is 0 Å². The molecular formula is C17H16FN3O2. The number of aryl methyl sites for hydroxylation is 1. The Morgan fingerprint density at radius 2 is 2.04 bits per heavy atom. The van der Waals surface area contributed by atoms with E-state index in [1.807, 2.05) is 13.0 Å². The van der Waals surface area contributed by atoms with Gasteiger partial charge in [0.2, 0.25) is 11.8 Å². The van der Waals surface area contributed by atoms with Gasteiger partial charge < -0.3 is 10.2 Å². The number of rotatable bonds is 3. The molecule has 1 aromatic carbocycles. The van der Waals surface area contributed by atoms with Gasteiger partial charge in [0.15, 0.2) is 0 Å². The summed E-state index contributed by atoms with van der Waals surface area (Å²) in [4.78, 5) is 30.0. The van der Waals surface area contributed by atoms with Crippen molar-refractivity contribution in [3.05, 3.63) is 54.0 Å². The van der Waals surface area contributed by atoms with Crippen molar-refractivity contribution < 1.29 is 14.0 Å². The third kappa shape index (κ3) is 3.36. The van der Waals surface area contributed by atoms with Gasteiger partial charge in [-0.15, -0.1) is 0 Å². The average molecular weight is 313 g/mol. The molecule has 2 amide bonds. The lowest BCUT2D eigenvalue weighted by atomic mass is 10.1. The van der Waals surface area contributed by atoms with Crippen LogP contribution in [0.15, 0.2) is 42.6 Å². The van der Waals surface area contributed by atoms with Crippen LogP contribution in [0.4, 0.5) is 15.9 Å². The predicted octanol–water partition coefficient (Wildman–Crippen LogP) is 2.52. The van der Waals surface area contributed by atoms with E-state index in [1.54, 1.807) is 12.3 Å². The minimum absolute atomic E-state index is 0.134. The Labute approximate surface area is 133 Å². The Balaban J connectivity index is 1.69. The molecule has 6 heteroatoms. The number of carbonyl (C=O) groups excluding carboxylic acids is 2. The molecule has 0 saturated carbocycles. The van der Waals surface area contributed by atoms with Gasteiger partial charge in [-0.3, -0.25) is 9.59 Å². The van der Waals surface area contributed by atoms with Gasteiger partial charge in [0.25, 0.3) is 0 Å². The maximum atomic E-state index is 13.0. The molecule has 2 aromatic rings. The first kappa shape index (κ1) is 15.1. The summed E-state index contributed by atoms with van der Waals surface area (Å²) in [6.45, 7) is 2.19. The monoisotopic (exact) mass is 313 g/mol. The van der Waals surface area contributed by atoms with Crippen LogP contribution in [0.3, 0.4) is 0 Å². The summed E-state index contributed by atoms with van der Waals surface area (Å²) >= 11 is 0. The fourth-order valence-electron chi connectivity index (χ4n) is 2.59. The highest BCUT2D eigenvalue weighted by molar-refractivity contribution is 6.03. The highest BCUT2D eigenvalue weighted by Gasteiger charge is 2.35. The van der Waals surface area contributed by atoms with Crippen LogP contribution in [0, 0.1) is 18.7 Å². The summed E-state index contributed by atoms with van der Waals surface area (Å²) in [6.07, 6.45) is 1.75. The maximum absolute atomic E-state index is 13.0. The topological polar surface area (TPSA) is 62.3 Å². The van der Waals surface area contributed by atoms with E-state index in [2.05, 4.69) is 10.3 Å². The zero-order valence-corrected chi connectivity index (χ0v) is 12.6. The zero-order valence-electron chi connectivity index (χ0n) is 12.6. The lowest BCUT2D eigenvalue weighted by Gasteiger charge is -2.16. The second kappa shape index (κ2) is 6.16. The predicted molar refractivity (Wildman–Crippen MR) is 84.5 cm³/mol. The first-order chi connectivity index (χ1) is 11.0. The number of halogens is 1. The van der Waals surface area contributed by atoms with Crippen molar-refractivity contribution in [2.45, 2.75) is 13.3 Å². The molecule has 1 aliphatic heterocycles. The van der Waals surface area contributed by atoms with Crippen molar-refractivity contribution in [2.24, 2.45) is 5.92 Å². The van der Waals surface area contributed by atoms with E-state index in [4.69, 9.17) is 0 Å². The zero-order chi connectivity index (χ0) is 16.4. The minimum Gasteiger partial charge on any atom is -0.312 e. The summed E-state index contributed by atoms with van der Waals surface area (Å²) in [5, 5.41) is 2.74. The molecule has 1 aromatic heterocycles. The van der Waals surface area contributed by atoms with Gasteiger partial charge in [0, 0.05) is 24.8 Å². The van der Waals surface area contributed by atoms with Gasteiger partial charge in [0.1, 0.15) is 11.6 Å². The smallest absolute Gasteiger partial charge is 0.230 e. The molecule has 23 heavy (non-hydrogen) atoms. The molecule has 1 saturated heterocycles. The largest absolute Gasteiger partial charge is 0.312 e. The molecule has 0 spiro atoms. The Bertz CT molecular complexity index is 746. The fraction of sp³-hybridized carbons (Fsp3) is 0.235. The summed E-state index contributed by atoms with van der Waals surface area (Å²) < 4.78 is 13.0. The molecule has 3 rings (SSSR count). The number of nitrogens with zero attached hydrogens (tertiary/aromatic N) is 2. The van der Waals surface area contributed by atoms with E-state index in [-0.39, 0.29) is 30.6 Å². The highest BCUT2D eigenvalue weighted by atomic mass is 19.1. The number of carbonyl (C=O) groups is 2. The average Bonchev–Trinajstić information content (AvgIpc) is 2.90. The van der Waals surface area contributed by atoms with Crippen molar-refractivity contribution in [2.75, 3.05) is 16.8 Å². The third-order valence-corrected chi connectivity index (χ3v) is 3.80. The Hall–Kier alpha value is -2.76. The SMILES string of the molecule is Cc1ccnc(NC(=O)[C@H]2CC(=O)N(c3ccc(F)cc3)C2)c1. The number of nitrogens with one attached hydrogen (secondary N) is 1. The third-order valence-electron chi connectivity index (χ3n) is 3.80. The quantitative estimate of drug-likeness (QED) is 0.947. The second-order valence-corrected chi connectivity index (χ2v) is 5.59. The maximum Gasteiger partial charge on any atom is 0.230 e. The summed E-state index contributed by atoms with van der Waals surface area (Å²) in [7, 11) is 0. The lowest BCUT2D eigenvalue weighted by Crippen LogP contribution is -2.28. The number of amides is 2. The molecule has 0 radical (unpaired) electrons. The molecule has 1 aliphatic rings. The van der Waals surface area contributed by atoms with E-state index < -0.39 is 5.92 Å². The molecule has 1 atom stereocenters. The van der Waals surface area contributed by atoms with Crippen molar-refractivity contribution in [3.8, 4) is 0 Å². The van der Waals surface area contributed by atoms with E-state index in [0.29, 0.717) is 11.5 Å². The number of anilines is 2. The normalized spacial score (nSPS) is 17.4. The molecule has 0 aliphatic carbocycles. The first-order valence-electron chi connectivity index (χ1n) is 7.32. The van der Waals surface area contributed by atoms with Crippen LogP contribution in [0.2, 0.25) is 0 Å². The highest BCUT2D eigenvalue weighted by Crippen LogP contribution is 2.26. The van der Waals surface area contributed by atoms with Crippen molar-refractivity contribution in [3.63, 3.8) is 0 Å². The fourth-order valence-corrected chi connectivity index (χ4v) is 2.59. The molecule has 0 unspecified atom stereocenters. The van der Waals surface area contributed by atoms with Crippen LogP contribution in [0.1, 0.15) is 12.0 Å². The summed E-state index contributed by atoms with van der Waals surface area (Å²) in [5.41, 5.74) is 1.59. The van der Waals surface area contributed by atoms with Crippen LogP contribution < -0.4 is 10.2 Å². The van der Waals surface area contributed by atoms with E-state index in [1.165, 1.54) is 29.2 Å². The van der Waals surface area contributed by atoms with Crippen molar-refractivity contribution >= 4 is 23.3 Å². The van der Waals surface area contributed by atoms with Gasteiger partial charge in [0.05, 0.1) is 5.92 Å². The van der Waals surface area contributed by atoms with Crippen molar-refractivity contribution in [1.29, 1.82) is 0 Å². The second-order valence-electron chi connectivity index (χ2n) is 5.59. The van der Waals surface area contributed by atoms with Crippen LogP contribution >= 0.6 is 0 Å². The van der Waals surface area contributed by atoms with Gasteiger partial charge in [-0.05, 0) is 48.9 Å². The Morgan fingerprint density at radius 3 is 2.74 bits per heavy atom. The van der Waals surface area contributed by atoms with Crippen LogP contribution in [-0.2, 0) is 9.59 Å². The molecule has 1 fully saturated rings. The van der Waals surface area contributed by atoms with Crippen LogP contribution in [0.5, 0.6) is 0 Å². The molecule has 1 N–H and O–H groups in total. The molecule has 5 nitrogen and oxygen atoms in total. The van der Waals surface area contributed by atoms with Crippen molar-refractivity contribution in [1.82, 2.24) is 4.98 Å². The van der Waals surface area contributed by atoms with Gasteiger partial charge in [-0.25, -0.2) is 9.37 Å². The number of hydrogen-bond acceptors (Lipinski definition) is 3.